The van der Waals surface area contributed by atoms with E-state index >= 15 is 0 Å². The molecule has 0 atom stereocenters. The molecule has 0 aliphatic rings. The lowest BCUT2D eigenvalue weighted by Gasteiger charge is -2.20. The molecule has 0 bridgehead atoms. The third-order valence-corrected chi connectivity index (χ3v) is 7.25. The zero-order chi connectivity index (χ0) is 27.1. The summed E-state index contributed by atoms with van der Waals surface area (Å²) in [5.74, 6) is 0.730. The quantitative estimate of drug-likeness (QED) is 0.371. The summed E-state index contributed by atoms with van der Waals surface area (Å²) in [6.45, 7) is 8.04. The maximum absolute atomic E-state index is 13.1. The smallest absolute Gasteiger partial charge is 0.240 e. The summed E-state index contributed by atoms with van der Waals surface area (Å²) in [6, 6.07) is 18.3. The lowest BCUT2D eigenvalue weighted by atomic mass is 9.92. The van der Waals surface area contributed by atoms with Crippen molar-refractivity contribution < 1.29 is 17.9 Å². The van der Waals surface area contributed by atoms with E-state index in [1.54, 1.807) is 17.9 Å². The lowest BCUT2D eigenvalue weighted by Crippen LogP contribution is -2.37. The number of carbonyl (C=O) groups is 1. The Labute approximate surface area is 220 Å². The Kier molecular flexibility index (Phi) is 9.29. The number of carbonyl (C=O) groups excluding carboxylic acids is 1. The molecule has 1 amide bonds. The van der Waals surface area contributed by atoms with Crippen molar-refractivity contribution in [2.24, 2.45) is 0 Å². The van der Waals surface area contributed by atoms with Crippen molar-refractivity contribution in [2.45, 2.75) is 46.0 Å². The van der Waals surface area contributed by atoms with Crippen LogP contribution < -0.4 is 10.1 Å². The zero-order valence-electron chi connectivity index (χ0n) is 22.1. The monoisotopic (exact) mass is 524 g/mol. The second kappa shape index (κ2) is 12.2. The number of nitrogens with zero attached hydrogens (tertiary/aromatic N) is 3. The van der Waals surface area contributed by atoms with Crippen molar-refractivity contribution in [3.8, 4) is 11.4 Å². The van der Waals surface area contributed by atoms with Crippen molar-refractivity contribution in [3.63, 3.8) is 0 Å². The van der Waals surface area contributed by atoms with Gasteiger partial charge in [0.2, 0.25) is 15.9 Å². The van der Waals surface area contributed by atoms with Gasteiger partial charge in [0.1, 0.15) is 11.6 Å². The molecule has 3 aromatic rings. The summed E-state index contributed by atoms with van der Waals surface area (Å²) in [7, 11) is -2.22. The minimum atomic E-state index is -3.81. The van der Waals surface area contributed by atoms with E-state index in [4.69, 9.17) is 9.84 Å². The molecule has 0 fully saturated rings. The minimum absolute atomic E-state index is 0.246. The SMILES string of the molecule is CCCCN(CC(=O)Nc1cc(C(C)(C)C)nn1-c1ccc(OC)cc1)S(=O)(=O)/C=C/c1ccccc1. The summed E-state index contributed by atoms with van der Waals surface area (Å²) in [6.07, 6.45) is 2.99. The number of sulfonamides is 1. The number of methoxy groups -OCH3 is 1. The highest BCUT2D eigenvalue weighted by atomic mass is 32.2. The molecular weight excluding hydrogens is 488 g/mol. The molecule has 0 spiro atoms. The number of anilines is 1. The number of ether oxygens (including phenoxy) is 1. The molecule has 0 saturated carbocycles. The molecule has 0 radical (unpaired) electrons. The number of rotatable bonds is 11. The van der Waals surface area contributed by atoms with E-state index in [1.807, 2.05) is 88.4 Å². The Morgan fingerprint density at radius 3 is 2.38 bits per heavy atom. The van der Waals surface area contributed by atoms with Crippen molar-refractivity contribution in [3.05, 3.63) is 77.3 Å². The Bertz CT molecular complexity index is 1310. The number of hydrogen-bond donors (Lipinski definition) is 1. The van der Waals surface area contributed by atoms with Crippen LogP contribution in [0.2, 0.25) is 0 Å². The summed E-state index contributed by atoms with van der Waals surface area (Å²) < 4.78 is 34.3. The number of amides is 1. The van der Waals surface area contributed by atoms with Gasteiger partial charge in [0.05, 0.1) is 25.0 Å². The highest BCUT2D eigenvalue weighted by Crippen LogP contribution is 2.27. The van der Waals surface area contributed by atoms with Gasteiger partial charge in [0.15, 0.2) is 0 Å². The molecule has 37 heavy (non-hydrogen) atoms. The molecule has 0 aliphatic carbocycles. The zero-order valence-corrected chi connectivity index (χ0v) is 23.0. The van der Waals surface area contributed by atoms with Gasteiger partial charge in [-0.3, -0.25) is 4.79 Å². The molecule has 1 N–H and O–H groups in total. The summed E-state index contributed by atoms with van der Waals surface area (Å²) in [5, 5.41) is 8.76. The van der Waals surface area contributed by atoms with Gasteiger partial charge in [-0.05, 0) is 42.3 Å². The first-order chi connectivity index (χ1) is 17.5. The van der Waals surface area contributed by atoms with Crippen LogP contribution in [-0.4, -0.2) is 48.6 Å². The van der Waals surface area contributed by atoms with Gasteiger partial charge in [-0.15, -0.1) is 0 Å². The molecule has 0 saturated heterocycles. The van der Waals surface area contributed by atoms with Gasteiger partial charge < -0.3 is 10.1 Å². The molecule has 198 valence electrons. The molecule has 8 nitrogen and oxygen atoms in total. The fraction of sp³-hybridized carbons (Fsp3) is 0.357. The van der Waals surface area contributed by atoms with Crippen molar-refractivity contribution in [1.82, 2.24) is 14.1 Å². The van der Waals surface area contributed by atoms with Gasteiger partial charge in [0.25, 0.3) is 0 Å². The van der Waals surface area contributed by atoms with Crippen LogP contribution >= 0.6 is 0 Å². The first-order valence-electron chi connectivity index (χ1n) is 12.3. The maximum Gasteiger partial charge on any atom is 0.240 e. The first kappa shape index (κ1) is 28.1. The van der Waals surface area contributed by atoms with E-state index < -0.39 is 15.9 Å². The number of unbranched alkanes of at least 4 members (excludes halogenated alkanes) is 1. The molecule has 9 heteroatoms. The third kappa shape index (κ3) is 7.77. The Morgan fingerprint density at radius 2 is 1.78 bits per heavy atom. The van der Waals surface area contributed by atoms with Gasteiger partial charge in [-0.2, -0.15) is 9.40 Å². The molecule has 0 unspecified atom stereocenters. The Hall–Kier alpha value is -3.43. The normalized spacial score (nSPS) is 12.3. The molecular formula is C28H36N4O4S. The third-order valence-electron chi connectivity index (χ3n) is 5.74. The molecule has 1 heterocycles. The second-order valence-corrected chi connectivity index (χ2v) is 11.6. The van der Waals surface area contributed by atoms with Gasteiger partial charge in [-0.1, -0.05) is 64.4 Å². The number of nitrogens with one attached hydrogen (secondary N) is 1. The van der Waals surface area contributed by atoms with Crippen LogP contribution in [0.3, 0.4) is 0 Å². The standard InChI is InChI=1S/C28H36N4O4S/c1-6-7-18-31(37(34,35)19-17-22-11-9-8-10-12-22)21-27(33)29-26-20-25(28(2,3)4)30-32(26)23-13-15-24(36-5)16-14-23/h8-17,19-20H,6-7,18,21H2,1-5H3,(H,29,33)/b19-17+. The van der Waals surface area contributed by atoms with Crippen LogP contribution in [0.1, 0.15) is 51.8 Å². The number of benzene rings is 2. The molecule has 2 aromatic carbocycles. The second-order valence-electron chi connectivity index (χ2n) is 9.77. The average Bonchev–Trinajstić information content (AvgIpc) is 3.30. The minimum Gasteiger partial charge on any atom is -0.497 e. The molecule has 0 aliphatic heterocycles. The van der Waals surface area contributed by atoms with Crippen molar-refractivity contribution >= 4 is 27.8 Å². The topological polar surface area (TPSA) is 93.5 Å². The largest absolute Gasteiger partial charge is 0.497 e. The predicted molar refractivity (Wildman–Crippen MR) is 148 cm³/mol. The van der Waals surface area contributed by atoms with E-state index in [2.05, 4.69) is 5.32 Å². The Morgan fingerprint density at radius 1 is 1.11 bits per heavy atom. The van der Waals surface area contributed by atoms with E-state index in [0.717, 1.165) is 28.8 Å². The summed E-state index contributed by atoms with van der Waals surface area (Å²) >= 11 is 0. The van der Waals surface area contributed by atoms with Crippen LogP contribution in [0.4, 0.5) is 5.82 Å². The summed E-state index contributed by atoms with van der Waals surface area (Å²) in [4.78, 5) is 13.1. The predicted octanol–water partition coefficient (Wildman–Crippen LogP) is 5.22. The average molecular weight is 525 g/mol. The highest BCUT2D eigenvalue weighted by molar-refractivity contribution is 7.92. The highest BCUT2D eigenvalue weighted by Gasteiger charge is 2.25. The molecule has 3 rings (SSSR count). The number of aromatic nitrogens is 2. The Balaban J connectivity index is 1.85. The first-order valence-corrected chi connectivity index (χ1v) is 13.8. The van der Waals surface area contributed by atoms with Crippen molar-refractivity contribution in [2.75, 3.05) is 25.5 Å². The maximum atomic E-state index is 13.1. The van der Waals surface area contributed by atoms with E-state index in [9.17, 15) is 13.2 Å². The van der Waals surface area contributed by atoms with Gasteiger partial charge >= 0.3 is 0 Å². The van der Waals surface area contributed by atoms with E-state index in [1.165, 1.54) is 4.31 Å². The van der Waals surface area contributed by atoms with E-state index in [-0.39, 0.29) is 18.5 Å². The van der Waals surface area contributed by atoms with Crippen LogP contribution in [0.15, 0.2) is 66.1 Å². The molecule has 1 aromatic heterocycles. The van der Waals surface area contributed by atoms with Gasteiger partial charge in [-0.25, -0.2) is 13.1 Å². The van der Waals surface area contributed by atoms with Crippen molar-refractivity contribution in [1.29, 1.82) is 0 Å². The summed E-state index contributed by atoms with van der Waals surface area (Å²) in [5.41, 5.74) is 2.05. The van der Waals surface area contributed by atoms with Gasteiger partial charge in [0, 0.05) is 23.4 Å². The van der Waals surface area contributed by atoms with Crippen LogP contribution in [0.5, 0.6) is 5.75 Å². The van der Waals surface area contributed by atoms with E-state index in [0.29, 0.717) is 18.0 Å². The van der Waals surface area contributed by atoms with Crippen LogP contribution in [0.25, 0.3) is 11.8 Å². The van der Waals surface area contributed by atoms with Crippen LogP contribution in [-0.2, 0) is 20.2 Å². The lowest BCUT2D eigenvalue weighted by molar-refractivity contribution is -0.116. The fourth-order valence-electron chi connectivity index (χ4n) is 3.54. The number of hydrogen-bond acceptors (Lipinski definition) is 5. The fourth-order valence-corrected chi connectivity index (χ4v) is 4.73. The van der Waals surface area contributed by atoms with Crippen LogP contribution in [0, 0.1) is 0 Å².